The molecule has 28 heavy (non-hydrogen) atoms. The number of aromatic nitrogens is 1. The van der Waals surface area contributed by atoms with Crippen molar-refractivity contribution in [1.82, 2.24) is 15.2 Å². The Balaban J connectivity index is 1.60. The molecular formula is C21H31N5OS. The second-order valence-electron chi connectivity index (χ2n) is 6.87. The van der Waals surface area contributed by atoms with Gasteiger partial charge in [0.15, 0.2) is 5.96 Å². The van der Waals surface area contributed by atoms with Crippen molar-refractivity contribution in [3.63, 3.8) is 0 Å². The second kappa shape index (κ2) is 9.78. The van der Waals surface area contributed by atoms with Gasteiger partial charge in [0.05, 0.1) is 23.5 Å². The monoisotopic (exact) mass is 401 g/mol. The first-order valence-corrected chi connectivity index (χ1v) is 10.8. The van der Waals surface area contributed by atoms with Crippen LogP contribution in [0.15, 0.2) is 29.3 Å². The smallest absolute Gasteiger partial charge is 0.194 e. The second-order valence-corrected chi connectivity index (χ2v) is 8.16. The fraction of sp³-hybridized carbons (Fsp3) is 0.524. The molecule has 1 aliphatic heterocycles. The van der Waals surface area contributed by atoms with Gasteiger partial charge in [-0.15, -0.1) is 11.3 Å². The molecule has 1 aromatic heterocycles. The first kappa shape index (κ1) is 20.5. The Labute approximate surface area is 172 Å². The third-order valence-electron chi connectivity index (χ3n) is 4.94. The van der Waals surface area contributed by atoms with Crippen molar-refractivity contribution in [2.24, 2.45) is 4.99 Å². The van der Waals surface area contributed by atoms with E-state index in [0.29, 0.717) is 0 Å². The molecule has 0 radical (unpaired) electrons. The summed E-state index contributed by atoms with van der Waals surface area (Å²) >= 11 is 1.78. The van der Waals surface area contributed by atoms with E-state index in [1.165, 1.54) is 10.6 Å². The van der Waals surface area contributed by atoms with E-state index in [2.05, 4.69) is 53.0 Å². The van der Waals surface area contributed by atoms with Crippen LogP contribution in [0.4, 0.5) is 5.69 Å². The van der Waals surface area contributed by atoms with E-state index in [-0.39, 0.29) is 0 Å². The van der Waals surface area contributed by atoms with Crippen molar-refractivity contribution in [3.05, 3.63) is 39.8 Å². The van der Waals surface area contributed by atoms with Gasteiger partial charge in [0, 0.05) is 50.6 Å². The number of aryl methyl sites for hydroxylation is 2. The fourth-order valence-electron chi connectivity index (χ4n) is 3.54. The van der Waals surface area contributed by atoms with Gasteiger partial charge in [-0.05, 0) is 32.9 Å². The van der Waals surface area contributed by atoms with Crippen LogP contribution < -0.4 is 15.0 Å². The molecule has 2 heterocycles. The molecule has 6 nitrogen and oxygen atoms in total. The minimum Gasteiger partial charge on any atom is -0.495 e. The van der Waals surface area contributed by atoms with Crippen LogP contribution in [0.5, 0.6) is 5.75 Å². The number of anilines is 1. The lowest BCUT2D eigenvalue weighted by Gasteiger charge is -2.38. The van der Waals surface area contributed by atoms with Crippen LogP contribution in [-0.4, -0.2) is 62.2 Å². The van der Waals surface area contributed by atoms with Crippen LogP contribution in [0.1, 0.15) is 22.5 Å². The molecular weight excluding hydrogens is 370 g/mol. The number of benzene rings is 1. The molecule has 1 aromatic carbocycles. The summed E-state index contributed by atoms with van der Waals surface area (Å²) in [5.41, 5.74) is 2.32. The maximum atomic E-state index is 5.52. The zero-order valence-electron chi connectivity index (χ0n) is 17.4. The van der Waals surface area contributed by atoms with E-state index < -0.39 is 0 Å². The van der Waals surface area contributed by atoms with Gasteiger partial charge in [0.25, 0.3) is 0 Å². The molecule has 1 aliphatic rings. The average molecular weight is 402 g/mol. The molecule has 3 rings (SSSR count). The Morgan fingerprint density at radius 3 is 2.61 bits per heavy atom. The molecule has 1 saturated heterocycles. The predicted octanol–water partition coefficient (Wildman–Crippen LogP) is 3.10. The molecule has 0 atom stereocenters. The van der Waals surface area contributed by atoms with Gasteiger partial charge in [-0.3, -0.25) is 4.99 Å². The molecule has 2 aromatic rings. The van der Waals surface area contributed by atoms with Gasteiger partial charge in [0.1, 0.15) is 5.75 Å². The van der Waals surface area contributed by atoms with Gasteiger partial charge in [-0.2, -0.15) is 0 Å². The van der Waals surface area contributed by atoms with Crippen LogP contribution in [0.3, 0.4) is 0 Å². The lowest BCUT2D eigenvalue weighted by Crippen LogP contribution is -2.52. The third-order valence-corrected chi connectivity index (χ3v) is 6.07. The molecule has 0 spiro atoms. The zero-order valence-corrected chi connectivity index (χ0v) is 18.2. The highest BCUT2D eigenvalue weighted by Gasteiger charge is 2.21. The first-order valence-electron chi connectivity index (χ1n) is 9.96. The molecule has 1 N–H and O–H groups in total. The van der Waals surface area contributed by atoms with Crippen LogP contribution >= 0.6 is 11.3 Å². The third kappa shape index (κ3) is 4.95. The summed E-state index contributed by atoms with van der Waals surface area (Å²) in [4.78, 5) is 15.5. The Morgan fingerprint density at radius 2 is 1.96 bits per heavy atom. The number of methoxy groups -OCH3 is 1. The number of piperazine rings is 1. The SMILES string of the molecule is CCNC(=NCCc1sc(C)nc1C)N1CCN(c2ccccc2OC)CC1. The standard InChI is InChI=1S/C21H31N5OS/c1-5-22-21(23-11-10-20-16(2)24-17(3)28-20)26-14-12-25(13-15-26)18-8-6-7-9-19(18)27-4/h6-9H,5,10-15H2,1-4H3,(H,22,23). The molecule has 1 fully saturated rings. The van der Waals surface area contributed by atoms with Crippen molar-refractivity contribution in [1.29, 1.82) is 0 Å². The topological polar surface area (TPSA) is 53.0 Å². The number of thiazole rings is 1. The van der Waals surface area contributed by atoms with E-state index in [1.54, 1.807) is 18.4 Å². The maximum absolute atomic E-state index is 5.52. The number of guanidine groups is 1. The van der Waals surface area contributed by atoms with Crippen molar-refractivity contribution < 1.29 is 4.74 Å². The van der Waals surface area contributed by atoms with E-state index in [9.17, 15) is 0 Å². The minimum atomic E-state index is 0.789. The van der Waals surface area contributed by atoms with E-state index in [1.807, 2.05) is 12.1 Å². The molecule has 152 valence electrons. The van der Waals surface area contributed by atoms with E-state index in [0.717, 1.165) is 68.1 Å². The van der Waals surface area contributed by atoms with Crippen LogP contribution in [0, 0.1) is 13.8 Å². The number of nitrogens with one attached hydrogen (secondary N) is 1. The van der Waals surface area contributed by atoms with E-state index in [4.69, 9.17) is 9.73 Å². The fourth-order valence-corrected chi connectivity index (χ4v) is 4.47. The zero-order chi connectivity index (χ0) is 19.9. The van der Waals surface area contributed by atoms with Crippen LogP contribution in [-0.2, 0) is 6.42 Å². The summed E-state index contributed by atoms with van der Waals surface area (Å²) in [6.07, 6.45) is 0.952. The summed E-state index contributed by atoms with van der Waals surface area (Å²) in [5, 5.41) is 4.59. The highest BCUT2D eigenvalue weighted by atomic mass is 32.1. The Hall–Kier alpha value is -2.28. The minimum absolute atomic E-state index is 0.789. The van der Waals surface area contributed by atoms with Crippen LogP contribution in [0.2, 0.25) is 0 Å². The average Bonchev–Trinajstić information content (AvgIpc) is 3.04. The Kier molecular flexibility index (Phi) is 7.14. The maximum Gasteiger partial charge on any atom is 0.194 e. The molecule has 0 saturated carbocycles. The Morgan fingerprint density at radius 1 is 1.21 bits per heavy atom. The summed E-state index contributed by atoms with van der Waals surface area (Å²) in [6, 6.07) is 8.24. The van der Waals surface area contributed by atoms with Crippen molar-refractivity contribution in [3.8, 4) is 5.75 Å². The summed E-state index contributed by atoms with van der Waals surface area (Å²) in [5.74, 6) is 1.95. The number of hydrogen-bond acceptors (Lipinski definition) is 5. The Bertz CT molecular complexity index is 796. The number of rotatable bonds is 6. The van der Waals surface area contributed by atoms with Gasteiger partial charge < -0.3 is 19.9 Å². The van der Waals surface area contributed by atoms with Crippen LogP contribution in [0.25, 0.3) is 0 Å². The highest BCUT2D eigenvalue weighted by molar-refractivity contribution is 7.11. The number of para-hydroxylation sites is 2. The quantitative estimate of drug-likeness (QED) is 0.595. The molecule has 0 amide bonds. The number of aliphatic imine (C=N–C) groups is 1. The lowest BCUT2D eigenvalue weighted by molar-refractivity contribution is 0.367. The largest absolute Gasteiger partial charge is 0.495 e. The molecule has 0 aliphatic carbocycles. The molecule has 0 bridgehead atoms. The van der Waals surface area contributed by atoms with Gasteiger partial charge in [-0.25, -0.2) is 4.98 Å². The van der Waals surface area contributed by atoms with E-state index >= 15 is 0 Å². The summed E-state index contributed by atoms with van der Waals surface area (Å²) in [6.45, 7) is 11.8. The molecule has 7 heteroatoms. The number of hydrogen-bond donors (Lipinski definition) is 1. The first-order chi connectivity index (χ1) is 13.6. The van der Waals surface area contributed by atoms with Gasteiger partial charge in [0.2, 0.25) is 0 Å². The summed E-state index contributed by atoms with van der Waals surface area (Å²) < 4.78 is 5.52. The van der Waals surface area contributed by atoms with Crippen molar-refractivity contribution >= 4 is 23.0 Å². The van der Waals surface area contributed by atoms with Crippen molar-refractivity contribution in [2.45, 2.75) is 27.2 Å². The summed E-state index contributed by atoms with van der Waals surface area (Å²) in [7, 11) is 1.73. The molecule has 0 unspecified atom stereocenters. The predicted molar refractivity (Wildman–Crippen MR) is 118 cm³/mol. The van der Waals surface area contributed by atoms with Gasteiger partial charge >= 0.3 is 0 Å². The lowest BCUT2D eigenvalue weighted by atomic mass is 10.2. The van der Waals surface area contributed by atoms with Crippen molar-refractivity contribution in [2.75, 3.05) is 51.3 Å². The van der Waals surface area contributed by atoms with Gasteiger partial charge in [-0.1, -0.05) is 12.1 Å². The number of ether oxygens (including phenoxy) is 1. The highest BCUT2D eigenvalue weighted by Crippen LogP contribution is 2.28. The normalized spacial score (nSPS) is 15.1. The number of nitrogens with zero attached hydrogens (tertiary/aromatic N) is 4.